The number of allylic oxidation sites excluding steroid dienone is 1. The fourth-order valence-corrected chi connectivity index (χ4v) is 1.75. The van der Waals surface area contributed by atoms with Gasteiger partial charge in [-0.05, 0) is 24.6 Å². The molecule has 0 heterocycles. The summed E-state index contributed by atoms with van der Waals surface area (Å²) in [6.07, 6.45) is 6.98. The maximum absolute atomic E-state index is 8.55. The van der Waals surface area contributed by atoms with E-state index in [2.05, 4.69) is 0 Å². The Balaban J connectivity index is 2.23. The highest BCUT2D eigenvalue weighted by Crippen LogP contribution is 2.30. The summed E-state index contributed by atoms with van der Waals surface area (Å²) in [5.74, 6) is 2.13. The lowest BCUT2D eigenvalue weighted by Gasteiger charge is -1.99. The molecule has 1 fully saturated rings. The van der Waals surface area contributed by atoms with E-state index in [1.807, 2.05) is 6.08 Å². The fourth-order valence-electron chi connectivity index (χ4n) is 1.35. The summed E-state index contributed by atoms with van der Waals surface area (Å²) < 4.78 is 0. The predicted molar refractivity (Wildman–Crippen MR) is 42.5 cm³/mol. The van der Waals surface area contributed by atoms with Crippen LogP contribution in [0.25, 0.3) is 0 Å². The average molecular weight is 160 g/mol. The van der Waals surface area contributed by atoms with Crippen LogP contribution >= 0.6 is 8.38 Å². The second kappa shape index (κ2) is 4.07. The molecule has 0 aromatic rings. The molecule has 0 aromatic carbocycles. The Hall–Kier alpha value is 0.0900. The van der Waals surface area contributed by atoms with Crippen molar-refractivity contribution < 1.29 is 9.79 Å². The van der Waals surface area contributed by atoms with Crippen LogP contribution in [0.3, 0.4) is 0 Å². The molecule has 1 aliphatic rings. The van der Waals surface area contributed by atoms with Crippen LogP contribution in [0.15, 0.2) is 11.9 Å². The largest absolute Gasteiger partial charge is 0.347 e. The second-order valence-electron chi connectivity index (χ2n) is 2.71. The normalized spacial score (nSPS) is 21.5. The molecule has 2 N–H and O–H groups in total. The van der Waals surface area contributed by atoms with Crippen molar-refractivity contribution >= 4 is 8.38 Å². The molecule has 10 heavy (non-hydrogen) atoms. The monoisotopic (exact) mass is 160 g/mol. The van der Waals surface area contributed by atoms with Gasteiger partial charge in [0, 0.05) is 0 Å². The van der Waals surface area contributed by atoms with Gasteiger partial charge in [-0.3, -0.25) is 0 Å². The first-order valence-electron chi connectivity index (χ1n) is 3.64. The summed E-state index contributed by atoms with van der Waals surface area (Å²) in [7, 11) is -1.80. The van der Waals surface area contributed by atoms with E-state index in [0.717, 1.165) is 0 Å². The van der Waals surface area contributed by atoms with Gasteiger partial charge in [-0.1, -0.05) is 18.9 Å². The van der Waals surface area contributed by atoms with Crippen LogP contribution in [-0.2, 0) is 0 Å². The number of hydrogen-bond donors (Lipinski definition) is 2. The molecule has 58 valence electrons. The maximum Gasteiger partial charge on any atom is 0.191 e. The zero-order valence-electron chi connectivity index (χ0n) is 5.90. The van der Waals surface area contributed by atoms with Gasteiger partial charge in [-0.25, -0.2) is 0 Å². The maximum atomic E-state index is 8.55. The van der Waals surface area contributed by atoms with E-state index >= 15 is 0 Å². The molecule has 3 heteroatoms. The van der Waals surface area contributed by atoms with Gasteiger partial charge in [-0.2, -0.15) is 0 Å². The van der Waals surface area contributed by atoms with E-state index in [0.29, 0.717) is 5.92 Å². The van der Waals surface area contributed by atoms with Crippen LogP contribution in [0.4, 0.5) is 0 Å². The van der Waals surface area contributed by atoms with E-state index in [-0.39, 0.29) is 0 Å². The van der Waals surface area contributed by atoms with E-state index in [4.69, 9.17) is 9.79 Å². The van der Waals surface area contributed by atoms with Crippen LogP contribution in [0.2, 0.25) is 0 Å². The van der Waals surface area contributed by atoms with Gasteiger partial charge in [0.25, 0.3) is 0 Å². The number of hydrogen-bond acceptors (Lipinski definition) is 2. The fraction of sp³-hybridized carbons (Fsp3) is 0.714. The summed E-state index contributed by atoms with van der Waals surface area (Å²) in [5, 5.41) is 0. The third-order valence-electron chi connectivity index (χ3n) is 1.89. The van der Waals surface area contributed by atoms with Crippen LogP contribution in [0, 0.1) is 5.92 Å². The minimum atomic E-state index is -1.80. The Morgan fingerprint density at radius 2 is 1.80 bits per heavy atom. The molecular formula is C7H13O2P. The summed E-state index contributed by atoms with van der Waals surface area (Å²) in [6.45, 7) is 0. The first-order valence-corrected chi connectivity index (χ1v) is 4.96. The molecule has 0 aliphatic heterocycles. The van der Waals surface area contributed by atoms with Crippen molar-refractivity contribution in [2.75, 3.05) is 0 Å². The standard InChI is InChI=1S/C7H13O2P/c8-10(9)6-5-7-3-1-2-4-7/h5-9H,1-4H2/b6-5+. The van der Waals surface area contributed by atoms with Gasteiger partial charge in [-0.15, -0.1) is 0 Å². The van der Waals surface area contributed by atoms with Crippen molar-refractivity contribution in [2.45, 2.75) is 25.7 Å². The van der Waals surface area contributed by atoms with Gasteiger partial charge < -0.3 is 9.79 Å². The van der Waals surface area contributed by atoms with Crippen LogP contribution in [0.5, 0.6) is 0 Å². The smallest absolute Gasteiger partial charge is 0.191 e. The van der Waals surface area contributed by atoms with Gasteiger partial charge in [0.05, 0.1) is 0 Å². The van der Waals surface area contributed by atoms with E-state index in [1.54, 1.807) is 0 Å². The molecular weight excluding hydrogens is 147 g/mol. The van der Waals surface area contributed by atoms with E-state index in [9.17, 15) is 0 Å². The molecule has 0 bridgehead atoms. The van der Waals surface area contributed by atoms with Gasteiger partial charge in [0.1, 0.15) is 0 Å². The van der Waals surface area contributed by atoms with Crippen molar-refractivity contribution in [3.8, 4) is 0 Å². The van der Waals surface area contributed by atoms with Crippen LogP contribution < -0.4 is 0 Å². The Morgan fingerprint density at radius 1 is 1.20 bits per heavy atom. The van der Waals surface area contributed by atoms with Crippen molar-refractivity contribution in [1.29, 1.82) is 0 Å². The Kier molecular flexibility index (Phi) is 3.33. The van der Waals surface area contributed by atoms with Crippen molar-refractivity contribution in [3.63, 3.8) is 0 Å². The molecule has 2 nitrogen and oxygen atoms in total. The van der Waals surface area contributed by atoms with Gasteiger partial charge in [0.2, 0.25) is 0 Å². The lowest BCUT2D eigenvalue weighted by atomic mass is 10.1. The predicted octanol–water partition coefficient (Wildman–Crippen LogP) is 1.99. The topological polar surface area (TPSA) is 40.5 Å². The highest BCUT2D eigenvalue weighted by molar-refractivity contribution is 7.48. The highest BCUT2D eigenvalue weighted by atomic mass is 31.2. The molecule has 1 aliphatic carbocycles. The lowest BCUT2D eigenvalue weighted by molar-refractivity contribution is 0.495. The Morgan fingerprint density at radius 3 is 2.30 bits per heavy atom. The first-order chi connectivity index (χ1) is 4.79. The molecule has 1 rings (SSSR count). The lowest BCUT2D eigenvalue weighted by Crippen LogP contribution is -1.84. The zero-order valence-corrected chi connectivity index (χ0v) is 6.80. The molecule has 1 saturated carbocycles. The SMILES string of the molecule is OP(O)/C=C/C1CCCC1. The Labute approximate surface area is 62.5 Å². The minimum Gasteiger partial charge on any atom is -0.347 e. The average Bonchev–Trinajstić information content (AvgIpc) is 2.34. The third kappa shape index (κ3) is 2.78. The van der Waals surface area contributed by atoms with Gasteiger partial charge >= 0.3 is 0 Å². The summed E-state index contributed by atoms with van der Waals surface area (Å²) >= 11 is 0. The molecule has 0 unspecified atom stereocenters. The van der Waals surface area contributed by atoms with Crippen molar-refractivity contribution in [1.82, 2.24) is 0 Å². The van der Waals surface area contributed by atoms with E-state index < -0.39 is 8.38 Å². The molecule has 0 aromatic heterocycles. The van der Waals surface area contributed by atoms with E-state index in [1.165, 1.54) is 31.5 Å². The molecule has 0 amide bonds. The highest BCUT2D eigenvalue weighted by Gasteiger charge is 2.11. The molecule has 0 saturated heterocycles. The second-order valence-corrected chi connectivity index (χ2v) is 3.65. The number of rotatable bonds is 2. The zero-order chi connectivity index (χ0) is 7.40. The van der Waals surface area contributed by atoms with Crippen molar-refractivity contribution in [3.05, 3.63) is 11.9 Å². The molecule has 0 radical (unpaired) electrons. The summed E-state index contributed by atoms with van der Waals surface area (Å²) in [6, 6.07) is 0. The van der Waals surface area contributed by atoms with Crippen LogP contribution in [-0.4, -0.2) is 9.79 Å². The summed E-state index contributed by atoms with van der Waals surface area (Å²) in [5.41, 5.74) is 0. The molecule has 0 spiro atoms. The third-order valence-corrected chi connectivity index (χ3v) is 2.33. The molecule has 0 atom stereocenters. The van der Waals surface area contributed by atoms with Crippen LogP contribution in [0.1, 0.15) is 25.7 Å². The Bertz CT molecular complexity index is 117. The minimum absolute atomic E-state index is 0.615. The quantitative estimate of drug-likeness (QED) is 0.606. The first kappa shape index (κ1) is 8.19. The van der Waals surface area contributed by atoms with Crippen molar-refractivity contribution in [2.24, 2.45) is 5.92 Å². The van der Waals surface area contributed by atoms with Gasteiger partial charge in [0.15, 0.2) is 8.38 Å². The summed E-state index contributed by atoms with van der Waals surface area (Å²) in [4.78, 5) is 17.1.